The molecule has 1 N–H and O–H groups in total. The van der Waals surface area contributed by atoms with Crippen LogP contribution in [0.3, 0.4) is 0 Å². The van der Waals surface area contributed by atoms with Gasteiger partial charge in [0.15, 0.2) is 0 Å². The summed E-state index contributed by atoms with van der Waals surface area (Å²) in [6, 6.07) is 5.01. The Labute approximate surface area is 125 Å². The molecule has 2 bridgehead atoms. The zero-order chi connectivity index (χ0) is 14.8. The summed E-state index contributed by atoms with van der Waals surface area (Å²) in [4.78, 5) is 2.16. The molecule has 2 unspecified atom stereocenters. The van der Waals surface area contributed by atoms with Crippen molar-refractivity contribution in [3.63, 3.8) is 0 Å². The third-order valence-electron chi connectivity index (χ3n) is 4.84. The molecule has 116 valence electrons. The number of hydrogen-bond acceptors (Lipinski definition) is 2. The smallest absolute Gasteiger partial charge is 0.146 e. The van der Waals surface area contributed by atoms with Crippen molar-refractivity contribution in [1.82, 2.24) is 5.32 Å². The summed E-state index contributed by atoms with van der Waals surface area (Å²) < 4.78 is 27.7. The van der Waals surface area contributed by atoms with Crippen LogP contribution in [0.1, 0.15) is 45.4 Å². The molecular formula is C17H24F2N2. The van der Waals surface area contributed by atoms with E-state index < -0.39 is 0 Å². The van der Waals surface area contributed by atoms with Crippen molar-refractivity contribution in [2.45, 2.75) is 63.6 Å². The summed E-state index contributed by atoms with van der Waals surface area (Å²) in [5, 5.41) is 3.60. The average molecular weight is 294 g/mol. The predicted molar refractivity (Wildman–Crippen MR) is 81.6 cm³/mol. The monoisotopic (exact) mass is 294 g/mol. The maximum Gasteiger partial charge on any atom is 0.146 e. The second-order valence-corrected chi connectivity index (χ2v) is 6.36. The van der Waals surface area contributed by atoms with Gasteiger partial charge in [-0.3, -0.25) is 0 Å². The molecule has 2 aliphatic rings. The number of fused-ring (bicyclic) bond motifs is 2. The fourth-order valence-corrected chi connectivity index (χ4v) is 3.97. The van der Waals surface area contributed by atoms with Gasteiger partial charge in [-0.25, -0.2) is 8.78 Å². The standard InChI is InChI=1S/C17H24F2N2/c1-2-8-20-13-10-14-4-3-5-15(11-13)21(14)17-9-12(18)6-7-16(17)19/h6-7,9,13-15,20H,2-5,8,10-11H2,1H3. The zero-order valence-electron chi connectivity index (χ0n) is 12.6. The molecule has 2 aliphatic heterocycles. The number of anilines is 1. The third-order valence-corrected chi connectivity index (χ3v) is 4.84. The van der Waals surface area contributed by atoms with E-state index in [1.54, 1.807) is 0 Å². The fraction of sp³-hybridized carbons (Fsp3) is 0.647. The SMILES string of the molecule is CCCNC1CC2CCCC(C1)N2c1cc(F)ccc1F. The van der Waals surface area contributed by atoms with Crippen molar-refractivity contribution in [1.29, 1.82) is 0 Å². The van der Waals surface area contributed by atoms with E-state index in [1.807, 2.05) is 0 Å². The average Bonchev–Trinajstić information content (AvgIpc) is 2.46. The van der Waals surface area contributed by atoms with E-state index in [4.69, 9.17) is 0 Å². The van der Waals surface area contributed by atoms with E-state index in [2.05, 4.69) is 17.1 Å². The Morgan fingerprint density at radius 1 is 1.19 bits per heavy atom. The van der Waals surface area contributed by atoms with Gasteiger partial charge in [-0.1, -0.05) is 6.92 Å². The Morgan fingerprint density at radius 2 is 1.90 bits per heavy atom. The first-order valence-corrected chi connectivity index (χ1v) is 8.15. The normalized spacial score (nSPS) is 28.7. The Bertz CT molecular complexity index is 478. The molecule has 0 spiro atoms. The minimum absolute atomic E-state index is 0.298. The first-order chi connectivity index (χ1) is 10.2. The van der Waals surface area contributed by atoms with Crippen LogP contribution in [0.5, 0.6) is 0 Å². The minimum atomic E-state index is -0.351. The minimum Gasteiger partial charge on any atom is -0.363 e. The van der Waals surface area contributed by atoms with Crippen LogP contribution < -0.4 is 10.2 Å². The van der Waals surface area contributed by atoms with Crippen LogP contribution in [0, 0.1) is 11.6 Å². The molecule has 1 aromatic rings. The molecule has 1 aromatic carbocycles. The van der Waals surface area contributed by atoms with Crippen LogP contribution in [0.2, 0.25) is 0 Å². The van der Waals surface area contributed by atoms with Gasteiger partial charge in [-0.15, -0.1) is 0 Å². The van der Waals surface area contributed by atoms with Gasteiger partial charge in [0.2, 0.25) is 0 Å². The molecule has 0 saturated carbocycles. The molecule has 2 nitrogen and oxygen atoms in total. The first kappa shape index (κ1) is 14.8. The topological polar surface area (TPSA) is 15.3 Å². The highest BCUT2D eigenvalue weighted by molar-refractivity contribution is 5.51. The van der Waals surface area contributed by atoms with Gasteiger partial charge in [0.1, 0.15) is 11.6 Å². The largest absolute Gasteiger partial charge is 0.363 e. The molecule has 2 saturated heterocycles. The molecule has 21 heavy (non-hydrogen) atoms. The molecule has 0 radical (unpaired) electrons. The first-order valence-electron chi connectivity index (χ1n) is 8.15. The molecule has 0 aliphatic carbocycles. The Kier molecular flexibility index (Phi) is 4.43. The van der Waals surface area contributed by atoms with Crippen molar-refractivity contribution in [2.24, 2.45) is 0 Å². The van der Waals surface area contributed by atoms with E-state index in [0.29, 0.717) is 23.8 Å². The Balaban J connectivity index is 1.82. The quantitative estimate of drug-likeness (QED) is 0.907. The fourth-order valence-electron chi connectivity index (χ4n) is 3.97. The lowest BCUT2D eigenvalue weighted by Crippen LogP contribution is -2.56. The highest BCUT2D eigenvalue weighted by Crippen LogP contribution is 2.39. The molecule has 3 rings (SSSR count). The van der Waals surface area contributed by atoms with E-state index in [-0.39, 0.29) is 11.6 Å². The van der Waals surface area contributed by atoms with Gasteiger partial charge in [-0.05, 0) is 57.2 Å². The van der Waals surface area contributed by atoms with Crippen LogP contribution in [0.25, 0.3) is 0 Å². The number of rotatable bonds is 4. The zero-order valence-corrected chi connectivity index (χ0v) is 12.6. The van der Waals surface area contributed by atoms with Crippen LogP contribution in [0.15, 0.2) is 18.2 Å². The molecule has 0 aromatic heterocycles. The van der Waals surface area contributed by atoms with Crippen LogP contribution in [-0.2, 0) is 0 Å². The summed E-state index contributed by atoms with van der Waals surface area (Å²) in [5.74, 6) is -0.649. The lowest BCUT2D eigenvalue weighted by Gasteiger charge is -2.50. The summed E-state index contributed by atoms with van der Waals surface area (Å²) in [7, 11) is 0. The number of piperidine rings is 2. The summed E-state index contributed by atoms with van der Waals surface area (Å²) in [6.07, 6.45) is 6.56. The van der Waals surface area contributed by atoms with E-state index >= 15 is 0 Å². The Morgan fingerprint density at radius 3 is 2.57 bits per heavy atom. The second-order valence-electron chi connectivity index (χ2n) is 6.36. The lowest BCUT2D eigenvalue weighted by molar-refractivity contribution is 0.244. The van der Waals surface area contributed by atoms with Crippen molar-refractivity contribution in [3.05, 3.63) is 29.8 Å². The summed E-state index contributed by atoms with van der Waals surface area (Å²) in [6.45, 7) is 3.21. The van der Waals surface area contributed by atoms with Crippen LogP contribution in [0.4, 0.5) is 14.5 Å². The van der Waals surface area contributed by atoms with E-state index in [1.165, 1.54) is 24.6 Å². The molecular weight excluding hydrogens is 270 g/mol. The number of nitrogens with zero attached hydrogens (tertiary/aromatic N) is 1. The molecule has 2 heterocycles. The van der Waals surface area contributed by atoms with Crippen molar-refractivity contribution in [3.8, 4) is 0 Å². The molecule has 0 amide bonds. The maximum atomic E-state index is 14.1. The number of benzene rings is 1. The van der Waals surface area contributed by atoms with Gasteiger partial charge in [-0.2, -0.15) is 0 Å². The Hall–Kier alpha value is -1.16. The van der Waals surface area contributed by atoms with Gasteiger partial charge in [0.25, 0.3) is 0 Å². The molecule has 2 atom stereocenters. The number of nitrogens with one attached hydrogen (secondary N) is 1. The van der Waals surface area contributed by atoms with Crippen molar-refractivity contribution < 1.29 is 8.78 Å². The number of halogens is 2. The maximum absolute atomic E-state index is 14.1. The predicted octanol–water partition coefficient (Wildman–Crippen LogP) is 3.85. The van der Waals surface area contributed by atoms with Gasteiger partial charge in [0, 0.05) is 24.2 Å². The number of hydrogen-bond donors (Lipinski definition) is 1. The lowest BCUT2D eigenvalue weighted by atomic mass is 9.81. The van der Waals surface area contributed by atoms with E-state index in [9.17, 15) is 8.78 Å². The van der Waals surface area contributed by atoms with E-state index in [0.717, 1.165) is 38.6 Å². The van der Waals surface area contributed by atoms with Gasteiger partial charge >= 0.3 is 0 Å². The highest BCUT2D eigenvalue weighted by atomic mass is 19.1. The van der Waals surface area contributed by atoms with Gasteiger partial charge in [0.05, 0.1) is 5.69 Å². The highest BCUT2D eigenvalue weighted by Gasteiger charge is 2.39. The summed E-state index contributed by atoms with van der Waals surface area (Å²) in [5.41, 5.74) is 0.457. The van der Waals surface area contributed by atoms with Gasteiger partial charge < -0.3 is 10.2 Å². The third kappa shape index (κ3) is 3.05. The molecule has 4 heteroatoms. The second kappa shape index (κ2) is 6.30. The molecule has 2 fully saturated rings. The van der Waals surface area contributed by atoms with Crippen LogP contribution >= 0.6 is 0 Å². The van der Waals surface area contributed by atoms with Crippen molar-refractivity contribution >= 4 is 5.69 Å². The van der Waals surface area contributed by atoms with Crippen molar-refractivity contribution in [2.75, 3.05) is 11.4 Å². The summed E-state index contributed by atoms with van der Waals surface area (Å²) >= 11 is 0. The van der Waals surface area contributed by atoms with Crippen LogP contribution in [-0.4, -0.2) is 24.7 Å².